The summed E-state index contributed by atoms with van der Waals surface area (Å²) in [4.78, 5) is 24.2. The zero-order valence-electron chi connectivity index (χ0n) is 10.3. The van der Waals surface area contributed by atoms with Crippen LogP contribution in [0.4, 0.5) is 0 Å². The van der Waals surface area contributed by atoms with Crippen molar-refractivity contribution < 1.29 is 19.4 Å². The highest BCUT2D eigenvalue weighted by Gasteiger charge is 2.35. The third kappa shape index (κ3) is 3.67. The second-order valence-corrected chi connectivity index (χ2v) is 4.72. The third-order valence-corrected chi connectivity index (χ3v) is 3.15. The Morgan fingerprint density at radius 2 is 2.00 bits per heavy atom. The number of aliphatic hydroxyl groups is 1. The summed E-state index contributed by atoms with van der Waals surface area (Å²) in [6.07, 6.45) is 1.35. The van der Waals surface area contributed by atoms with E-state index in [1.54, 1.807) is 0 Å². The van der Waals surface area contributed by atoms with Crippen molar-refractivity contribution in [2.75, 3.05) is 26.7 Å². The minimum atomic E-state index is -1.51. The molecule has 1 atom stereocenters. The molecule has 0 aromatic heterocycles. The molecule has 98 valence electrons. The Morgan fingerprint density at radius 3 is 2.41 bits per heavy atom. The van der Waals surface area contributed by atoms with E-state index in [9.17, 15) is 14.7 Å². The number of nitrogens with zero attached hydrogens (tertiary/aromatic N) is 1. The number of esters is 1. The molecule has 0 radical (unpaired) electrons. The van der Waals surface area contributed by atoms with E-state index in [0.29, 0.717) is 25.9 Å². The van der Waals surface area contributed by atoms with Crippen LogP contribution in [-0.4, -0.2) is 54.2 Å². The molecule has 6 heteroatoms. The van der Waals surface area contributed by atoms with Crippen LogP contribution in [0.2, 0.25) is 0 Å². The van der Waals surface area contributed by atoms with Crippen LogP contribution in [-0.2, 0) is 14.3 Å². The molecule has 3 N–H and O–H groups in total. The van der Waals surface area contributed by atoms with Crippen LogP contribution >= 0.6 is 0 Å². The Hall–Kier alpha value is -1.14. The number of rotatable bonds is 4. The number of piperidine rings is 1. The summed E-state index contributed by atoms with van der Waals surface area (Å²) in [5.41, 5.74) is 3.72. The van der Waals surface area contributed by atoms with Crippen molar-refractivity contribution in [1.82, 2.24) is 4.90 Å². The lowest BCUT2D eigenvalue weighted by Gasteiger charge is -2.34. The van der Waals surface area contributed by atoms with E-state index in [2.05, 4.69) is 4.74 Å². The summed E-state index contributed by atoms with van der Waals surface area (Å²) >= 11 is 0. The monoisotopic (exact) mass is 244 g/mol. The molecule has 0 bridgehead atoms. The van der Waals surface area contributed by atoms with Crippen LogP contribution in [0.5, 0.6) is 0 Å². The van der Waals surface area contributed by atoms with Crippen molar-refractivity contribution in [3.05, 3.63) is 0 Å². The number of amides is 1. The van der Waals surface area contributed by atoms with Crippen LogP contribution in [0.3, 0.4) is 0 Å². The Balaban J connectivity index is 2.45. The van der Waals surface area contributed by atoms with Gasteiger partial charge in [-0.3, -0.25) is 9.69 Å². The highest BCUT2D eigenvalue weighted by atomic mass is 16.5. The van der Waals surface area contributed by atoms with Gasteiger partial charge < -0.3 is 15.6 Å². The molecule has 0 spiro atoms. The maximum absolute atomic E-state index is 11.3. The molecular formula is C11H20N2O4. The summed E-state index contributed by atoms with van der Waals surface area (Å²) in [6, 6.07) is 0. The molecule has 1 aliphatic heterocycles. The zero-order chi connectivity index (χ0) is 13.1. The van der Waals surface area contributed by atoms with Crippen molar-refractivity contribution in [1.29, 1.82) is 0 Å². The average Bonchev–Trinajstić information content (AvgIpc) is 2.28. The molecule has 1 amide bonds. The van der Waals surface area contributed by atoms with Gasteiger partial charge in [-0.1, -0.05) is 0 Å². The SMILES string of the molecule is COC(=O)C(C)(O)CN1CCC(C(N)=O)CC1. The third-order valence-electron chi connectivity index (χ3n) is 3.15. The lowest BCUT2D eigenvalue weighted by atomic mass is 9.95. The summed E-state index contributed by atoms with van der Waals surface area (Å²) in [5.74, 6) is -1.01. The van der Waals surface area contributed by atoms with E-state index in [4.69, 9.17) is 5.73 Å². The van der Waals surface area contributed by atoms with Gasteiger partial charge in [0, 0.05) is 12.5 Å². The molecule has 17 heavy (non-hydrogen) atoms. The quantitative estimate of drug-likeness (QED) is 0.626. The highest BCUT2D eigenvalue weighted by molar-refractivity contribution is 5.79. The first kappa shape index (κ1) is 13.9. The molecule has 0 saturated carbocycles. The number of primary amides is 1. The number of nitrogens with two attached hydrogens (primary N) is 1. The molecule has 6 nitrogen and oxygen atoms in total. The molecule has 1 heterocycles. The van der Waals surface area contributed by atoms with Crippen LogP contribution in [0.15, 0.2) is 0 Å². The van der Waals surface area contributed by atoms with E-state index in [-0.39, 0.29) is 18.4 Å². The minimum Gasteiger partial charge on any atom is -0.467 e. The van der Waals surface area contributed by atoms with Crippen LogP contribution in [0.25, 0.3) is 0 Å². The normalized spacial score (nSPS) is 21.8. The number of ether oxygens (including phenoxy) is 1. The largest absolute Gasteiger partial charge is 0.467 e. The van der Waals surface area contributed by atoms with Crippen molar-refractivity contribution in [3.8, 4) is 0 Å². The van der Waals surface area contributed by atoms with Gasteiger partial charge in [-0.2, -0.15) is 0 Å². The van der Waals surface area contributed by atoms with E-state index in [1.165, 1.54) is 14.0 Å². The average molecular weight is 244 g/mol. The summed E-state index contributed by atoms with van der Waals surface area (Å²) < 4.78 is 4.53. The lowest BCUT2D eigenvalue weighted by Crippen LogP contribution is -2.50. The maximum atomic E-state index is 11.3. The molecule has 0 aliphatic carbocycles. The maximum Gasteiger partial charge on any atom is 0.338 e. The minimum absolute atomic E-state index is 0.0886. The second kappa shape index (κ2) is 5.46. The highest BCUT2D eigenvalue weighted by Crippen LogP contribution is 2.19. The van der Waals surface area contributed by atoms with Crippen molar-refractivity contribution >= 4 is 11.9 Å². The molecule has 1 aliphatic rings. The van der Waals surface area contributed by atoms with Crippen molar-refractivity contribution in [2.45, 2.75) is 25.4 Å². The predicted molar refractivity (Wildman–Crippen MR) is 61.0 cm³/mol. The predicted octanol–water partition coefficient (Wildman–Crippen LogP) is -0.892. The molecule has 1 rings (SSSR count). The summed E-state index contributed by atoms with van der Waals surface area (Å²) in [5, 5.41) is 9.90. The Bertz CT molecular complexity index is 296. The number of carbonyl (C=O) groups excluding carboxylic acids is 2. The molecule has 1 unspecified atom stereocenters. The van der Waals surface area contributed by atoms with Gasteiger partial charge >= 0.3 is 5.97 Å². The van der Waals surface area contributed by atoms with Gasteiger partial charge in [-0.15, -0.1) is 0 Å². The molecule has 1 saturated heterocycles. The smallest absolute Gasteiger partial charge is 0.338 e. The number of β-amino-alcohol motifs (C(OH)–C–C–N with tert-alkyl or cyclic N) is 1. The van der Waals surface area contributed by atoms with Gasteiger partial charge in [-0.25, -0.2) is 4.79 Å². The first-order valence-corrected chi connectivity index (χ1v) is 5.69. The number of likely N-dealkylation sites (tertiary alicyclic amines) is 1. The van der Waals surface area contributed by atoms with E-state index in [1.807, 2.05) is 4.90 Å². The Kier molecular flexibility index (Phi) is 4.47. The van der Waals surface area contributed by atoms with Crippen LogP contribution in [0.1, 0.15) is 19.8 Å². The summed E-state index contributed by atoms with van der Waals surface area (Å²) in [7, 11) is 1.25. The fraction of sp³-hybridized carbons (Fsp3) is 0.818. The number of hydrogen-bond donors (Lipinski definition) is 2. The molecule has 1 fully saturated rings. The Morgan fingerprint density at radius 1 is 1.47 bits per heavy atom. The van der Waals surface area contributed by atoms with E-state index in [0.717, 1.165) is 0 Å². The van der Waals surface area contributed by atoms with Gasteiger partial charge in [-0.05, 0) is 32.9 Å². The van der Waals surface area contributed by atoms with E-state index >= 15 is 0 Å². The molecular weight excluding hydrogens is 224 g/mol. The fourth-order valence-corrected chi connectivity index (χ4v) is 2.10. The number of carbonyl (C=O) groups is 2. The van der Waals surface area contributed by atoms with E-state index < -0.39 is 11.6 Å². The van der Waals surface area contributed by atoms with Crippen LogP contribution in [0, 0.1) is 5.92 Å². The first-order chi connectivity index (χ1) is 7.86. The Labute approximate surface area is 101 Å². The second-order valence-electron chi connectivity index (χ2n) is 4.72. The molecule has 0 aromatic rings. The van der Waals surface area contributed by atoms with Gasteiger partial charge in [0.2, 0.25) is 5.91 Å². The zero-order valence-corrected chi connectivity index (χ0v) is 10.3. The van der Waals surface area contributed by atoms with Crippen LogP contribution < -0.4 is 5.73 Å². The number of hydrogen-bond acceptors (Lipinski definition) is 5. The van der Waals surface area contributed by atoms with Gasteiger partial charge in [0.05, 0.1) is 7.11 Å². The van der Waals surface area contributed by atoms with Gasteiger partial charge in [0.1, 0.15) is 0 Å². The van der Waals surface area contributed by atoms with Gasteiger partial charge in [0.25, 0.3) is 0 Å². The lowest BCUT2D eigenvalue weighted by molar-refractivity contribution is -0.162. The standard InChI is InChI=1S/C11H20N2O4/c1-11(16,10(15)17-2)7-13-5-3-8(4-6-13)9(12)14/h8,16H,3-7H2,1-2H3,(H2,12,14). The topological polar surface area (TPSA) is 92.9 Å². The molecule has 0 aromatic carbocycles. The fourth-order valence-electron chi connectivity index (χ4n) is 2.10. The number of methoxy groups -OCH3 is 1. The van der Waals surface area contributed by atoms with Gasteiger partial charge in [0.15, 0.2) is 5.60 Å². The van der Waals surface area contributed by atoms with Crippen molar-refractivity contribution in [2.24, 2.45) is 11.7 Å². The first-order valence-electron chi connectivity index (χ1n) is 5.69. The van der Waals surface area contributed by atoms with Crippen molar-refractivity contribution in [3.63, 3.8) is 0 Å². The summed E-state index contributed by atoms with van der Waals surface area (Å²) in [6.45, 7) is 2.95.